The molecule has 4 N–H and O–H groups in total. The summed E-state index contributed by atoms with van der Waals surface area (Å²) in [5.41, 5.74) is 12.6. The molecule has 0 aliphatic heterocycles. The summed E-state index contributed by atoms with van der Waals surface area (Å²) in [7, 11) is 3.17. The third-order valence-corrected chi connectivity index (χ3v) is 9.59. The van der Waals surface area contributed by atoms with Crippen LogP contribution < -0.4 is 20.9 Å². The molecule has 2 aromatic rings. The van der Waals surface area contributed by atoms with Crippen molar-refractivity contribution in [3.8, 4) is 11.5 Å². The van der Waals surface area contributed by atoms with Gasteiger partial charge < -0.3 is 30.6 Å². The Balaban J connectivity index is 2.17. The first-order valence-corrected chi connectivity index (χ1v) is 18.0. The molecule has 0 saturated heterocycles. The molecule has 12 nitrogen and oxygen atoms in total. The number of esters is 3. The lowest BCUT2D eigenvalue weighted by molar-refractivity contribution is -0.145. The van der Waals surface area contributed by atoms with E-state index in [-0.39, 0.29) is 31.1 Å². The molecule has 2 rings (SSSR count). The van der Waals surface area contributed by atoms with Crippen molar-refractivity contribution < 1.29 is 33.4 Å². The average Bonchev–Trinajstić information content (AvgIpc) is 2.99. The molecule has 0 spiro atoms. The lowest BCUT2D eigenvalue weighted by Crippen LogP contribution is -2.34. The highest BCUT2D eigenvalue weighted by molar-refractivity contribution is 8.78. The van der Waals surface area contributed by atoms with Crippen LogP contribution >= 0.6 is 21.6 Å². The topological polar surface area (TPSA) is 177 Å². The van der Waals surface area contributed by atoms with Crippen molar-refractivity contribution in [2.75, 3.05) is 18.1 Å². The fraction of sp³-hybridized carbons (Fsp3) is 0.529. The maximum Gasteiger partial charge on any atom is 0.323 e. The quantitative estimate of drug-likeness (QED) is 0.0710. The number of hydrogen-bond acceptors (Lipinski definition) is 13. The molecule has 1 aromatic carbocycles. The van der Waals surface area contributed by atoms with Gasteiger partial charge in [0.2, 0.25) is 6.41 Å². The zero-order valence-electron chi connectivity index (χ0n) is 29.4. The van der Waals surface area contributed by atoms with Gasteiger partial charge in [-0.3, -0.25) is 19.2 Å². The highest BCUT2D eigenvalue weighted by atomic mass is 33.1. The number of nitrogen functional groups attached to an aromatic ring is 1. The van der Waals surface area contributed by atoms with E-state index in [2.05, 4.69) is 16.9 Å². The van der Waals surface area contributed by atoms with Gasteiger partial charge in [0, 0.05) is 34.5 Å². The molecular formula is C34H49N5O7S2. The van der Waals surface area contributed by atoms with Crippen LogP contribution in [-0.4, -0.2) is 57.6 Å². The van der Waals surface area contributed by atoms with Crippen molar-refractivity contribution in [2.45, 2.75) is 94.2 Å². The first-order chi connectivity index (χ1) is 22.4. The molecule has 264 valence electrons. The number of nitrogens with zero attached hydrogens (tertiary/aromatic N) is 3. The largest absolute Gasteiger partial charge is 0.464 e. The molecular weight excluding hydrogens is 655 g/mol. The number of allylic oxidation sites excluding steroid dienone is 1. The minimum Gasteiger partial charge on any atom is -0.464 e. The SMILES string of the molecule is CCCSS/C(CCOC(=O)[C@@H](N)Cc1ccc(OC(=O)C(C)(C)C)c(OC(=O)C(C)(C)C)c1)=C(/C)N(C=O)Cc1cnc(C)nc1N. The fourth-order valence-electron chi connectivity index (χ4n) is 3.73. The summed E-state index contributed by atoms with van der Waals surface area (Å²) in [6.45, 7) is 16.1. The van der Waals surface area contributed by atoms with E-state index in [4.69, 9.17) is 25.7 Å². The third-order valence-electron chi connectivity index (χ3n) is 6.74. The van der Waals surface area contributed by atoms with Gasteiger partial charge >= 0.3 is 17.9 Å². The van der Waals surface area contributed by atoms with Crippen molar-refractivity contribution in [3.63, 3.8) is 0 Å². The highest BCUT2D eigenvalue weighted by Crippen LogP contribution is 2.36. The van der Waals surface area contributed by atoms with Gasteiger partial charge in [0.1, 0.15) is 17.7 Å². The average molecular weight is 704 g/mol. The van der Waals surface area contributed by atoms with Crippen molar-refractivity contribution in [1.29, 1.82) is 0 Å². The molecule has 48 heavy (non-hydrogen) atoms. The minimum atomic E-state index is -1.02. The molecule has 1 atom stereocenters. The standard InChI is InChI=1S/C34H49N5O7S2/c1-10-15-47-48-28(21(2)39(20-40)19-24-18-37-22(3)38-29(24)36)13-14-44-30(41)25(35)16-23-11-12-26(45-31(42)33(4,5)6)27(17-23)46-32(43)34(7,8)9/h11-12,17-18,20,25H,10,13-16,19,35H2,1-9H3,(H2,36,37,38)/b28-21-/t25-/m0/s1. The molecule has 0 aliphatic carbocycles. The first-order valence-electron chi connectivity index (χ1n) is 15.7. The number of carbonyl (C=O) groups excluding carboxylic acids is 4. The third kappa shape index (κ3) is 12.8. The van der Waals surface area contributed by atoms with E-state index in [1.165, 1.54) is 27.8 Å². The number of nitrogens with two attached hydrogens (primary N) is 2. The monoisotopic (exact) mass is 703 g/mol. The number of benzene rings is 1. The van der Waals surface area contributed by atoms with Crippen LogP contribution in [0.4, 0.5) is 5.82 Å². The van der Waals surface area contributed by atoms with Crippen molar-refractivity contribution in [2.24, 2.45) is 16.6 Å². The first kappa shape index (κ1) is 40.6. The van der Waals surface area contributed by atoms with Crippen LogP contribution in [0.25, 0.3) is 0 Å². The molecule has 1 heterocycles. The summed E-state index contributed by atoms with van der Waals surface area (Å²) in [5.74, 6) is 0.242. The molecule has 0 radical (unpaired) electrons. The Labute approximate surface area is 291 Å². The second-order valence-corrected chi connectivity index (χ2v) is 15.8. The van der Waals surface area contributed by atoms with Crippen LogP contribution in [0.2, 0.25) is 0 Å². The minimum absolute atomic E-state index is 0.0392. The van der Waals surface area contributed by atoms with E-state index in [0.29, 0.717) is 34.9 Å². The fourth-order valence-corrected chi connectivity index (χ4v) is 6.32. The molecule has 14 heteroatoms. The number of rotatable bonds is 16. The smallest absolute Gasteiger partial charge is 0.323 e. The molecule has 0 unspecified atom stereocenters. The molecule has 0 saturated carbocycles. The van der Waals surface area contributed by atoms with Crippen LogP contribution in [0.3, 0.4) is 0 Å². The molecule has 0 aliphatic rings. The summed E-state index contributed by atoms with van der Waals surface area (Å²) >= 11 is 0. The Kier molecular flexibility index (Phi) is 15.4. The van der Waals surface area contributed by atoms with E-state index in [0.717, 1.165) is 23.5 Å². The maximum atomic E-state index is 12.9. The molecule has 0 fully saturated rings. The van der Waals surface area contributed by atoms with Crippen molar-refractivity contribution in [1.82, 2.24) is 14.9 Å². The summed E-state index contributed by atoms with van der Waals surface area (Å²) < 4.78 is 16.7. The summed E-state index contributed by atoms with van der Waals surface area (Å²) in [6.07, 6.45) is 3.74. The number of ether oxygens (including phenoxy) is 3. The van der Waals surface area contributed by atoms with E-state index < -0.39 is 34.8 Å². The van der Waals surface area contributed by atoms with Crippen LogP contribution in [0, 0.1) is 17.8 Å². The van der Waals surface area contributed by atoms with Crippen molar-refractivity contribution >= 4 is 51.7 Å². The summed E-state index contributed by atoms with van der Waals surface area (Å²) in [4.78, 5) is 61.1. The van der Waals surface area contributed by atoms with E-state index in [1.54, 1.807) is 71.5 Å². The Morgan fingerprint density at radius 3 is 2.23 bits per heavy atom. The number of aromatic nitrogens is 2. The van der Waals surface area contributed by atoms with Crippen LogP contribution in [-0.2, 0) is 36.9 Å². The van der Waals surface area contributed by atoms with Gasteiger partial charge in [-0.2, -0.15) is 0 Å². The zero-order chi connectivity index (χ0) is 36.2. The van der Waals surface area contributed by atoms with Gasteiger partial charge in [-0.25, -0.2) is 9.97 Å². The second kappa shape index (κ2) is 18.2. The van der Waals surface area contributed by atoms with Gasteiger partial charge in [0.05, 0.1) is 24.0 Å². The normalized spacial score (nSPS) is 12.9. The lowest BCUT2D eigenvalue weighted by Gasteiger charge is -2.22. The number of aryl methyl sites for hydroxylation is 1. The van der Waals surface area contributed by atoms with Gasteiger partial charge in [-0.05, 0) is 85.9 Å². The van der Waals surface area contributed by atoms with E-state index in [9.17, 15) is 19.2 Å². The second-order valence-electron chi connectivity index (χ2n) is 13.3. The van der Waals surface area contributed by atoms with Crippen LogP contribution in [0.15, 0.2) is 35.0 Å². The summed E-state index contributed by atoms with van der Waals surface area (Å²) in [5, 5.41) is 0. The Hall–Kier alpha value is -3.62. The van der Waals surface area contributed by atoms with Gasteiger partial charge in [-0.1, -0.05) is 34.6 Å². The predicted molar refractivity (Wildman–Crippen MR) is 190 cm³/mol. The van der Waals surface area contributed by atoms with E-state index in [1.807, 2.05) is 6.92 Å². The van der Waals surface area contributed by atoms with Gasteiger partial charge in [0.25, 0.3) is 0 Å². The molecule has 0 bridgehead atoms. The Morgan fingerprint density at radius 1 is 1.04 bits per heavy atom. The lowest BCUT2D eigenvalue weighted by atomic mass is 9.97. The van der Waals surface area contributed by atoms with Crippen LogP contribution in [0.1, 0.15) is 85.2 Å². The van der Waals surface area contributed by atoms with Gasteiger partial charge in [0.15, 0.2) is 11.5 Å². The van der Waals surface area contributed by atoms with Crippen molar-refractivity contribution in [3.05, 3.63) is 51.9 Å². The van der Waals surface area contributed by atoms with Crippen LogP contribution in [0.5, 0.6) is 11.5 Å². The number of amides is 1. The zero-order valence-corrected chi connectivity index (χ0v) is 31.0. The molecule has 1 aromatic heterocycles. The number of carbonyl (C=O) groups is 4. The summed E-state index contributed by atoms with van der Waals surface area (Å²) in [6, 6.07) is 3.68. The maximum absolute atomic E-state index is 12.9. The Bertz CT molecular complexity index is 1490. The van der Waals surface area contributed by atoms with E-state index >= 15 is 0 Å². The number of anilines is 1. The Morgan fingerprint density at radius 2 is 1.67 bits per heavy atom. The highest BCUT2D eigenvalue weighted by Gasteiger charge is 2.29. The predicted octanol–water partition coefficient (Wildman–Crippen LogP) is 5.75. The number of hydrogen-bond donors (Lipinski definition) is 2. The van der Waals surface area contributed by atoms with Gasteiger partial charge in [-0.15, -0.1) is 0 Å². The molecule has 1 amide bonds.